The quantitative estimate of drug-likeness (QED) is 0.879. The molecule has 2 aromatic rings. The Balaban J connectivity index is 2.51. The third-order valence-corrected chi connectivity index (χ3v) is 2.80. The maximum atomic E-state index is 5.69. The van der Waals surface area contributed by atoms with Gasteiger partial charge in [0.2, 0.25) is 0 Å². The molecule has 0 saturated carbocycles. The maximum Gasteiger partial charge on any atom is 0.100 e. The Bertz CT molecular complexity index is 497. The molecule has 17 heavy (non-hydrogen) atoms. The Hall–Kier alpha value is -1.68. The van der Waals surface area contributed by atoms with Crippen LogP contribution in [0.1, 0.15) is 36.7 Å². The van der Waals surface area contributed by atoms with Crippen molar-refractivity contribution in [3.8, 4) is 5.69 Å². The number of hydrogen-bond acceptors (Lipinski definition) is 3. The van der Waals surface area contributed by atoms with Crippen molar-refractivity contribution in [2.75, 3.05) is 0 Å². The normalized spacial score (nSPS) is 11.1. The van der Waals surface area contributed by atoms with Crippen LogP contribution in [0.5, 0.6) is 0 Å². The molecule has 0 aliphatic carbocycles. The average molecular weight is 230 g/mol. The summed E-state index contributed by atoms with van der Waals surface area (Å²) in [6.45, 7) is 6.75. The highest BCUT2D eigenvalue weighted by atomic mass is 15.4. The minimum absolute atomic E-state index is 0.352. The predicted octanol–water partition coefficient (Wildman–Crippen LogP) is 2.16. The number of aryl methyl sites for hydroxylation is 1. The fraction of sp³-hybridized carbons (Fsp3) is 0.385. The van der Waals surface area contributed by atoms with Gasteiger partial charge in [0.15, 0.2) is 0 Å². The van der Waals surface area contributed by atoms with Crippen molar-refractivity contribution < 1.29 is 0 Å². The molecule has 4 heteroatoms. The fourth-order valence-electron chi connectivity index (χ4n) is 1.92. The highest BCUT2D eigenvalue weighted by Gasteiger charge is 2.15. The highest BCUT2D eigenvalue weighted by Crippen LogP contribution is 2.21. The molecular formula is C13H18N4. The zero-order chi connectivity index (χ0) is 12.4. The van der Waals surface area contributed by atoms with Crippen molar-refractivity contribution in [1.29, 1.82) is 0 Å². The summed E-state index contributed by atoms with van der Waals surface area (Å²) in [6, 6.07) is 8.25. The molecule has 4 nitrogen and oxygen atoms in total. The number of aromatic nitrogens is 3. The lowest BCUT2D eigenvalue weighted by Gasteiger charge is -2.10. The second-order valence-electron chi connectivity index (χ2n) is 4.53. The summed E-state index contributed by atoms with van der Waals surface area (Å²) in [5.41, 5.74) is 9.93. The van der Waals surface area contributed by atoms with Crippen molar-refractivity contribution in [2.45, 2.75) is 33.2 Å². The van der Waals surface area contributed by atoms with E-state index in [9.17, 15) is 0 Å². The molecule has 0 radical (unpaired) electrons. The van der Waals surface area contributed by atoms with Gasteiger partial charge in [-0.25, -0.2) is 4.68 Å². The molecular weight excluding hydrogens is 212 g/mol. The van der Waals surface area contributed by atoms with Gasteiger partial charge in [-0.05, 0) is 25.0 Å². The fourth-order valence-corrected chi connectivity index (χ4v) is 1.92. The first-order valence-corrected chi connectivity index (χ1v) is 5.85. The van der Waals surface area contributed by atoms with Gasteiger partial charge < -0.3 is 5.73 Å². The monoisotopic (exact) mass is 230 g/mol. The number of benzene rings is 1. The van der Waals surface area contributed by atoms with Crippen LogP contribution in [0.3, 0.4) is 0 Å². The topological polar surface area (TPSA) is 56.7 Å². The summed E-state index contributed by atoms with van der Waals surface area (Å²) in [5, 5.41) is 8.34. The largest absolute Gasteiger partial charge is 0.325 e. The van der Waals surface area contributed by atoms with Gasteiger partial charge in [-0.2, -0.15) is 0 Å². The van der Waals surface area contributed by atoms with E-state index in [1.54, 1.807) is 0 Å². The van der Waals surface area contributed by atoms with Crippen LogP contribution in [0.2, 0.25) is 0 Å². The molecule has 2 rings (SSSR count). The van der Waals surface area contributed by atoms with Gasteiger partial charge in [-0.15, -0.1) is 5.10 Å². The standard InChI is InChI=1S/C13H18N4/c1-9(2)13-12(8-14)15-16-17(13)11-6-4-10(3)5-7-11/h4-7,9H,8,14H2,1-3H3. The van der Waals surface area contributed by atoms with Crippen LogP contribution in [0.25, 0.3) is 5.69 Å². The third kappa shape index (κ3) is 2.22. The number of hydrogen-bond donors (Lipinski definition) is 1. The van der Waals surface area contributed by atoms with Gasteiger partial charge in [0, 0.05) is 6.54 Å². The molecule has 2 N–H and O–H groups in total. The lowest BCUT2D eigenvalue weighted by molar-refractivity contribution is 0.713. The lowest BCUT2D eigenvalue weighted by Crippen LogP contribution is -2.07. The molecule has 0 saturated heterocycles. The van der Waals surface area contributed by atoms with Crippen LogP contribution in [-0.2, 0) is 6.54 Å². The van der Waals surface area contributed by atoms with Crippen molar-refractivity contribution in [3.63, 3.8) is 0 Å². The van der Waals surface area contributed by atoms with Crippen LogP contribution >= 0.6 is 0 Å². The molecule has 0 amide bonds. The van der Waals surface area contributed by atoms with E-state index in [1.807, 2.05) is 4.68 Å². The maximum absolute atomic E-state index is 5.69. The smallest absolute Gasteiger partial charge is 0.100 e. The summed E-state index contributed by atoms with van der Waals surface area (Å²) in [6.07, 6.45) is 0. The average Bonchev–Trinajstić information content (AvgIpc) is 2.73. The number of nitrogens with zero attached hydrogens (tertiary/aromatic N) is 3. The molecule has 1 heterocycles. The van der Waals surface area contributed by atoms with Gasteiger partial charge in [-0.1, -0.05) is 36.8 Å². The molecule has 1 aromatic carbocycles. The Labute approximate surface area is 101 Å². The van der Waals surface area contributed by atoms with Crippen molar-refractivity contribution >= 4 is 0 Å². The highest BCUT2D eigenvalue weighted by molar-refractivity contribution is 5.36. The summed E-state index contributed by atoms with van der Waals surface area (Å²) < 4.78 is 1.88. The first-order valence-electron chi connectivity index (χ1n) is 5.85. The van der Waals surface area contributed by atoms with Gasteiger partial charge in [0.25, 0.3) is 0 Å². The summed E-state index contributed by atoms with van der Waals surface area (Å²) >= 11 is 0. The minimum Gasteiger partial charge on any atom is -0.325 e. The van der Waals surface area contributed by atoms with Crippen LogP contribution < -0.4 is 5.73 Å². The van der Waals surface area contributed by atoms with E-state index in [2.05, 4.69) is 55.3 Å². The Morgan fingerprint density at radius 2 is 1.88 bits per heavy atom. The zero-order valence-electron chi connectivity index (χ0n) is 10.5. The van der Waals surface area contributed by atoms with E-state index in [0.717, 1.165) is 17.1 Å². The van der Waals surface area contributed by atoms with E-state index < -0.39 is 0 Å². The second-order valence-corrected chi connectivity index (χ2v) is 4.53. The number of nitrogens with two attached hydrogens (primary N) is 1. The van der Waals surface area contributed by atoms with Crippen LogP contribution in [-0.4, -0.2) is 15.0 Å². The summed E-state index contributed by atoms with van der Waals surface area (Å²) in [7, 11) is 0. The lowest BCUT2D eigenvalue weighted by atomic mass is 10.1. The van der Waals surface area contributed by atoms with E-state index >= 15 is 0 Å². The van der Waals surface area contributed by atoms with E-state index in [1.165, 1.54) is 5.56 Å². The molecule has 0 unspecified atom stereocenters. The third-order valence-electron chi connectivity index (χ3n) is 2.80. The molecule has 0 aliphatic rings. The van der Waals surface area contributed by atoms with E-state index in [-0.39, 0.29) is 0 Å². The van der Waals surface area contributed by atoms with Crippen LogP contribution in [0, 0.1) is 6.92 Å². The Morgan fingerprint density at radius 1 is 1.24 bits per heavy atom. The predicted molar refractivity (Wildman–Crippen MR) is 68.1 cm³/mol. The second kappa shape index (κ2) is 4.67. The van der Waals surface area contributed by atoms with Crippen LogP contribution in [0.15, 0.2) is 24.3 Å². The summed E-state index contributed by atoms with van der Waals surface area (Å²) in [4.78, 5) is 0. The molecule has 1 aromatic heterocycles. The van der Waals surface area contributed by atoms with Gasteiger partial charge in [0.1, 0.15) is 5.69 Å². The van der Waals surface area contributed by atoms with Gasteiger partial charge in [0.05, 0.1) is 11.4 Å². The molecule has 0 spiro atoms. The molecule has 0 fully saturated rings. The SMILES string of the molecule is Cc1ccc(-n2nnc(CN)c2C(C)C)cc1. The first kappa shape index (κ1) is 11.8. The zero-order valence-corrected chi connectivity index (χ0v) is 10.5. The van der Waals surface area contributed by atoms with Crippen molar-refractivity contribution in [1.82, 2.24) is 15.0 Å². The van der Waals surface area contributed by atoms with Crippen molar-refractivity contribution in [2.24, 2.45) is 5.73 Å². The van der Waals surface area contributed by atoms with Gasteiger partial charge in [-0.3, -0.25) is 0 Å². The van der Waals surface area contributed by atoms with E-state index in [4.69, 9.17) is 5.73 Å². The Kier molecular flexibility index (Phi) is 3.24. The number of rotatable bonds is 3. The van der Waals surface area contributed by atoms with Crippen LogP contribution in [0.4, 0.5) is 0 Å². The first-order chi connectivity index (χ1) is 8.13. The van der Waals surface area contributed by atoms with Crippen molar-refractivity contribution in [3.05, 3.63) is 41.2 Å². The molecule has 0 aliphatic heterocycles. The Morgan fingerprint density at radius 3 is 2.41 bits per heavy atom. The molecule has 90 valence electrons. The molecule has 0 atom stereocenters. The summed E-state index contributed by atoms with van der Waals surface area (Å²) in [5.74, 6) is 0.352. The van der Waals surface area contributed by atoms with E-state index in [0.29, 0.717) is 12.5 Å². The minimum atomic E-state index is 0.352. The van der Waals surface area contributed by atoms with Gasteiger partial charge >= 0.3 is 0 Å². The molecule has 0 bridgehead atoms.